The summed E-state index contributed by atoms with van der Waals surface area (Å²) in [6.07, 6.45) is 2.64. The summed E-state index contributed by atoms with van der Waals surface area (Å²) < 4.78 is 5.21. The molecule has 0 saturated heterocycles. The van der Waals surface area contributed by atoms with Gasteiger partial charge in [0, 0.05) is 18.0 Å². The van der Waals surface area contributed by atoms with Crippen molar-refractivity contribution in [1.82, 2.24) is 4.98 Å². The topological polar surface area (TPSA) is 42.4 Å². The first-order chi connectivity index (χ1) is 7.83. The summed E-state index contributed by atoms with van der Waals surface area (Å²) in [6.45, 7) is 0. The SMILES string of the molecule is COc1ccccc1C(O)c1ccncc1. The van der Waals surface area contributed by atoms with Crippen LogP contribution in [0, 0.1) is 0 Å². The van der Waals surface area contributed by atoms with Crippen LogP contribution in [-0.4, -0.2) is 17.2 Å². The lowest BCUT2D eigenvalue weighted by atomic mass is 10.0. The number of ether oxygens (including phenoxy) is 1. The van der Waals surface area contributed by atoms with Gasteiger partial charge in [-0.05, 0) is 23.8 Å². The first kappa shape index (κ1) is 10.6. The smallest absolute Gasteiger partial charge is 0.125 e. The maximum absolute atomic E-state index is 10.2. The molecule has 0 radical (unpaired) electrons. The average molecular weight is 215 g/mol. The van der Waals surface area contributed by atoms with E-state index in [1.807, 2.05) is 24.3 Å². The fraction of sp³-hybridized carbons (Fsp3) is 0.154. The Labute approximate surface area is 94.3 Å². The van der Waals surface area contributed by atoms with Crippen LogP contribution in [0.25, 0.3) is 0 Å². The molecule has 16 heavy (non-hydrogen) atoms. The Kier molecular flexibility index (Phi) is 3.17. The molecule has 0 amide bonds. The first-order valence-electron chi connectivity index (χ1n) is 5.04. The fourth-order valence-corrected chi connectivity index (χ4v) is 1.62. The molecule has 82 valence electrons. The number of nitrogens with zero attached hydrogens (tertiary/aromatic N) is 1. The Bertz CT molecular complexity index is 456. The number of hydrogen-bond acceptors (Lipinski definition) is 3. The minimum atomic E-state index is -0.681. The number of para-hydroxylation sites is 1. The molecule has 0 spiro atoms. The van der Waals surface area contributed by atoms with Crippen LogP contribution >= 0.6 is 0 Å². The molecule has 1 atom stereocenters. The normalized spacial score (nSPS) is 12.1. The van der Waals surface area contributed by atoms with Crippen molar-refractivity contribution in [3.8, 4) is 5.75 Å². The van der Waals surface area contributed by atoms with E-state index in [9.17, 15) is 5.11 Å². The lowest BCUT2D eigenvalue weighted by Crippen LogP contribution is -2.02. The Morgan fingerprint density at radius 3 is 2.50 bits per heavy atom. The van der Waals surface area contributed by atoms with Crippen molar-refractivity contribution in [2.75, 3.05) is 7.11 Å². The molecule has 1 heterocycles. The molecule has 3 heteroatoms. The number of hydrogen-bond donors (Lipinski definition) is 1. The zero-order chi connectivity index (χ0) is 11.4. The van der Waals surface area contributed by atoms with E-state index in [-0.39, 0.29) is 0 Å². The maximum atomic E-state index is 10.2. The number of aromatic nitrogens is 1. The highest BCUT2D eigenvalue weighted by Gasteiger charge is 2.14. The van der Waals surface area contributed by atoms with Gasteiger partial charge in [-0.25, -0.2) is 0 Å². The standard InChI is InChI=1S/C13H13NO2/c1-16-12-5-3-2-4-11(12)13(15)10-6-8-14-9-7-10/h2-9,13,15H,1H3. The van der Waals surface area contributed by atoms with E-state index in [1.165, 1.54) is 0 Å². The van der Waals surface area contributed by atoms with Crippen molar-refractivity contribution in [2.24, 2.45) is 0 Å². The molecule has 1 unspecified atom stereocenters. The Morgan fingerprint density at radius 1 is 1.12 bits per heavy atom. The summed E-state index contributed by atoms with van der Waals surface area (Å²) in [5.41, 5.74) is 1.57. The summed E-state index contributed by atoms with van der Waals surface area (Å²) >= 11 is 0. The van der Waals surface area contributed by atoms with Gasteiger partial charge in [-0.15, -0.1) is 0 Å². The molecule has 0 fully saturated rings. The van der Waals surface area contributed by atoms with Crippen molar-refractivity contribution in [2.45, 2.75) is 6.10 Å². The molecule has 2 rings (SSSR count). The summed E-state index contributed by atoms with van der Waals surface area (Å²) in [7, 11) is 1.60. The average Bonchev–Trinajstić information content (AvgIpc) is 2.39. The molecular formula is C13H13NO2. The highest BCUT2D eigenvalue weighted by molar-refractivity contribution is 5.39. The van der Waals surface area contributed by atoms with Gasteiger partial charge in [0.05, 0.1) is 7.11 Å². The minimum Gasteiger partial charge on any atom is -0.496 e. The van der Waals surface area contributed by atoms with Gasteiger partial charge in [-0.2, -0.15) is 0 Å². The monoisotopic (exact) mass is 215 g/mol. The maximum Gasteiger partial charge on any atom is 0.125 e. The van der Waals surface area contributed by atoms with Gasteiger partial charge in [0.1, 0.15) is 11.9 Å². The lowest BCUT2D eigenvalue weighted by molar-refractivity contribution is 0.214. The highest BCUT2D eigenvalue weighted by atomic mass is 16.5. The van der Waals surface area contributed by atoms with E-state index in [1.54, 1.807) is 31.6 Å². The van der Waals surface area contributed by atoms with Crippen LogP contribution in [0.5, 0.6) is 5.75 Å². The van der Waals surface area contributed by atoms with Gasteiger partial charge in [-0.3, -0.25) is 4.98 Å². The Morgan fingerprint density at radius 2 is 1.81 bits per heavy atom. The van der Waals surface area contributed by atoms with Crippen LogP contribution in [0.2, 0.25) is 0 Å². The number of pyridine rings is 1. The van der Waals surface area contributed by atoms with Crippen molar-refractivity contribution < 1.29 is 9.84 Å². The summed E-state index contributed by atoms with van der Waals surface area (Å²) in [5.74, 6) is 0.687. The van der Waals surface area contributed by atoms with Crippen LogP contribution in [0.4, 0.5) is 0 Å². The lowest BCUT2D eigenvalue weighted by Gasteiger charge is -2.14. The van der Waals surface area contributed by atoms with Gasteiger partial charge in [0.2, 0.25) is 0 Å². The third-order valence-corrected chi connectivity index (χ3v) is 2.46. The predicted molar refractivity (Wildman–Crippen MR) is 61.3 cm³/mol. The largest absolute Gasteiger partial charge is 0.496 e. The quantitative estimate of drug-likeness (QED) is 0.853. The first-order valence-corrected chi connectivity index (χ1v) is 5.04. The third-order valence-electron chi connectivity index (χ3n) is 2.46. The van der Waals surface area contributed by atoms with E-state index in [2.05, 4.69) is 4.98 Å². The van der Waals surface area contributed by atoms with Crippen molar-refractivity contribution in [3.63, 3.8) is 0 Å². The number of methoxy groups -OCH3 is 1. The number of aliphatic hydroxyl groups excluding tert-OH is 1. The van der Waals surface area contributed by atoms with E-state index in [0.717, 1.165) is 11.1 Å². The van der Waals surface area contributed by atoms with Crippen LogP contribution in [0.3, 0.4) is 0 Å². The van der Waals surface area contributed by atoms with Gasteiger partial charge >= 0.3 is 0 Å². The van der Waals surface area contributed by atoms with Gasteiger partial charge in [0.25, 0.3) is 0 Å². The van der Waals surface area contributed by atoms with Crippen LogP contribution in [0.15, 0.2) is 48.8 Å². The molecule has 1 N–H and O–H groups in total. The molecule has 0 aliphatic heterocycles. The second-order valence-corrected chi connectivity index (χ2v) is 3.43. The summed E-state index contributed by atoms with van der Waals surface area (Å²) in [5, 5.41) is 10.2. The van der Waals surface area contributed by atoms with E-state index in [4.69, 9.17) is 4.74 Å². The van der Waals surface area contributed by atoms with E-state index < -0.39 is 6.10 Å². The van der Waals surface area contributed by atoms with Crippen LogP contribution < -0.4 is 4.74 Å². The molecule has 0 saturated carbocycles. The van der Waals surface area contributed by atoms with Crippen molar-refractivity contribution in [1.29, 1.82) is 0 Å². The predicted octanol–water partition coefficient (Wildman–Crippen LogP) is 2.17. The van der Waals surface area contributed by atoms with Crippen molar-refractivity contribution >= 4 is 0 Å². The molecule has 2 aromatic rings. The molecule has 0 aliphatic rings. The molecule has 0 aliphatic carbocycles. The van der Waals surface area contributed by atoms with Gasteiger partial charge < -0.3 is 9.84 Å². The van der Waals surface area contributed by atoms with Crippen LogP contribution in [0.1, 0.15) is 17.2 Å². The van der Waals surface area contributed by atoms with E-state index in [0.29, 0.717) is 5.75 Å². The Balaban J connectivity index is 2.37. The highest BCUT2D eigenvalue weighted by Crippen LogP contribution is 2.28. The van der Waals surface area contributed by atoms with Gasteiger partial charge in [0.15, 0.2) is 0 Å². The third kappa shape index (κ3) is 2.04. The Hall–Kier alpha value is -1.87. The van der Waals surface area contributed by atoms with Crippen molar-refractivity contribution in [3.05, 3.63) is 59.9 Å². The second kappa shape index (κ2) is 4.77. The molecular weight excluding hydrogens is 202 g/mol. The number of rotatable bonds is 3. The molecule has 3 nitrogen and oxygen atoms in total. The molecule has 1 aromatic carbocycles. The summed E-state index contributed by atoms with van der Waals surface area (Å²) in [4.78, 5) is 3.92. The molecule has 1 aromatic heterocycles. The fourth-order valence-electron chi connectivity index (χ4n) is 1.62. The van der Waals surface area contributed by atoms with Crippen LogP contribution in [-0.2, 0) is 0 Å². The van der Waals surface area contributed by atoms with Gasteiger partial charge in [-0.1, -0.05) is 18.2 Å². The zero-order valence-electron chi connectivity index (χ0n) is 9.00. The number of aliphatic hydroxyl groups is 1. The van der Waals surface area contributed by atoms with E-state index >= 15 is 0 Å². The minimum absolute atomic E-state index is 0.681. The molecule has 0 bridgehead atoms. The zero-order valence-corrected chi connectivity index (χ0v) is 9.00. The summed E-state index contributed by atoms with van der Waals surface area (Å²) in [6, 6.07) is 11.0. The number of benzene rings is 1. The second-order valence-electron chi connectivity index (χ2n) is 3.43.